The second-order valence-electron chi connectivity index (χ2n) is 6.93. The summed E-state index contributed by atoms with van der Waals surface area (Å²) in [6.07, 6.45) is -4.43. The van der Waals surface area contributed by atoms with Crippen molar-refractivity contribution in [2.45, 2.75) is 6.18 Å². The number of rotatable bonds is 6. The molecule has 3 aromatic carbocycles. The van der Waals surface area contributed by atoms with Gasteiger partial charge < -0.3 is 14.8 Å². The lowest BCUT2D eigenvalue weighted by Gasteiger charge is -2.20. The van der Waals surface area contributed by atoms with Crippen molar-refractivity contribution >= 4 is 29.0 Å². The highest BCUT2D eigenvalue weighted by molar-refractivity contribution is 6.11. The van der Waals surface area contributed by atoms with Crippen LogP contribution in [0.3, 0.4) is 0 Å². The summed E-state index contributed by atoms with van der Waals surface area (Å²) in [6, 6.07) is 14.9. The monoisotopic (exact) mass is 450 g/mol. The molecule has 0 saturated carbocycles. The van der Waals surface area contributed by atoms with Gasteiger partial charge in [-0.3, -0.25) is 4.99 Å². The Kier molecular flexibility index (Phi) is 7.08. The fourth-order valence-electron chi connectivity index (χ4n) is 3.60. The van der Waals surface area contributed by atoms with E-state index >= 15 is 0 Å². The average molecular weight is 451 g/mol. The van der Waals surface area contributed by atoms with Gasteiger partial charge in [0, 0.05) is 19.2 Å². The molecule has 0 fully saturated rings. The van der Waals surface area contributed by atoms with Gasteiger partial charge in [0.2, 0.25) is 0 Å². The van der Waals surface area contributed by atoms with Gasteiger partial charge in [-0.15, -0.1) is 12.4 Å². The fourth-order valence-corrected chi connectivity index (χ4v) is 3.60. The lowest BCUT2D eigenvalue weighted by Crippen LogP contribution is -2.21. The molecule has 1 aliphatic heterocycles. The van der Waals surface area contributed by atoms with Crippen molar-refractivity contribution in [2.75, 3.05) is 33.4 Å². The first-order valence-corrected chi connectivity index (χ1v) is 9.63. The van der Waals surface area contributed by atoms with Crippen LogP contribution in [0.5, 0.6) is 5.75 Å². The molecule has 4 nitrogen and oxygen atoms in total. The van der Waals surface area contributed by atoms with Gasteiger partial charge in [-0.25, -0.2) is 0 Å². The van der Waals surface area contributed by atoms with Crippen LogP contribution in [-0.4, -0.2) is 39.2 Å². The van der Waals surface area contributed by atoms with E-state index in [9.17, 15) is 13.2 Å². The zero-order valence-corrected chi connectivity index (χ0v) is 17.6. The quantitative estimate of drug-likeness (QED) is 0.517. The molecule has 0 amide bonds. The van der Waals surface area contributed by atoms with Crippen LogP contribution in [0.15, 0.2) is 59.6 Å². The van der Waals surface area contributed by atoms with Gasteiger partial charge in [-0.2, -0.15) is 13.2 Å². The minimum absolute atomic E-state index is 0. The van der Waals surface area contributed by atoms with E-state index in [2.05, 4.69) is 10.3 Å². The molecule has 1 aliphatic rings. The van der Waals surface area contributed by atoms with Crippen LogP contribution in [0.1, 0.15) is 11.1 Å². The molecule has 31 heavy (non-hydrogen) atoms. The first kappa shape index (κ1) is 22.9. The third-order valence-corrected chi connectivity index (χ3v) is 4.94. The Hall–Kier alpha value is -2.77. The Balaban J connectivity index is 0.00000272. The highest BCUT2D eigenvalue weighted by Crippen LogP contribution is 2.42. The van der Waals surface area contributed by atoms with E-state index < -0.39 is 11.7 Å². The molecule has 8 heteroatoms. The van der Waals surface area contributed by atoms with E-state index in [4.69, 9.17) is 9.47 Å². The first-order chi connectivity index (χ1) is 14.5. The Morgan fingerprint density at radius 3 is 2.55 bits per heavy atom. The minimum atomic E-state index is -4.43. The van der Waals surface area contributed by atoms with Crippen LogP contribution in [0.4, 0.5) is 13.2 Å². The zero-order chi connectivity index (χ0) is 21.1. The topological polar surface area (TPSA) is 42.9 Å². The van der Waals surface area contributed by atoms with E-state index in [-0.39, 0.29) is 19.0 Å². The number of aliphatic imine (C=N–C) groups is 1. The highest BCUT2D eigenvalue weighted by Gasteiger charge is 2.31. The third-order valence-electron chi connectivity index (χ3n) is 4.94. The van der Waals surface area contributed by atoms with Crippen molar-refractivity contribution in [3.05, 3.63) is 65.7 Å². The molecule has 4 rings (SSSR count). The van der Waals surface area contributed by atoms with Crippen LogP contribution in [-0.2, 0) is 10.9 Å². The Morgan fingerprint density at radius 2 is 1.84 bits per heavy atom. The summed E-state index contributed by atoms with van der Waals surface area (Å²) in [4.78, 5) is 4.51. The number of hydrogen-bond acceptors (Lipinski definition) is 4. The number of amidine groups is 1. The summed E-state index contributed by atoms with van der Waals surface area (Å²) in [6.45, 7) is 1.96. The zero-order valence-electron chi connectivity index (χ0n) is 16.8. The average Bonchev–Trinajstić information content (AvgIpc) is 3.27. The van der Waals surface area contributed by atoms with Gasteiger partial charge in [0.25, 0.3) is 0 Å². The summed E-state index contributed by atoms with van der Waals surface area (Å²) in [5.41, 5.74) is 1.08. The maximum Gasteiger partial charge on any atom is 0.416 e. The standard InChI is InChI=1S/C23H21F3N2O2.ClH/c1-29-11-12-30-21-19(22-27-9-10-28-22)14-15-5-2-3-8-18(15)20(21)16-6-4-7-17(13-16)23(24,25)26;/h2-8,13-14H,9-12H2,1H3,(H,27,28);1H. The number of nitrogens with one attached hydrogen (secondary N) is 1. The normalized spacial score (nSPS) is 13.5. The number of ether oxygens (including phenoxy) is 2. The van der Waals surface area contributed by atoms with Crippen LogP contribution in [0.25, 0.3) is 21.9 Å². The third kappa shape index (κ3) is 4.78. The number of hydrogen-bond donors (Lipinski definition) is 1. The Bertz CT molecular complexity index is 1100. The highest BCUT2D eigenvalue weighted by atomic mass is 35.5. The second-order valence-corrected chi connectivity index (χ2v) is 6.93. The largest absolute Gasteiger partial charge is 0.490 e. The van der Waals surface area contributed by atoms with Crippen LogP contribution >= 0.6 is 12.4 Å². The van der Waals surface area contributed by atoms with Gasteiger partial charge in [0.1, 0.15) is 18.2 Å². The number of halogens is 4. The van der Waals surface area contributed by atoms with Gasteiger partial charge in [-0.05, 0) is 34.5 Å². The minimum Gasteiger partial charge on any atom is -0.490 e. The van der Waals surface area contributed by atoms with Gasteiger partial charge >= 0.3 is 6.18 Å². The molecule has 0 bridgehead atoms. The number of fused-ring (bicyclic) bond motifs is 1. The molecule has 3 aromatic rings. The molecule has 1 heterocycles. The van der Waals surface area contributed by atoms with E-state index in [0.717, 1.165) is 22.4 Å². The lowest BCUT2D eigenvalue weighted by molar-refractivity contribution is -0.137. The molecule has 1 N–H and O–H groups in total. The molecule has 0 aliphatic carbocycles. The molecule has 0 aromatic heterocycles. The Morgan fingerprint density at radius 1 is 1.03 bits per heavy atom. The van der Waals surface area contributed by atoms with E-state index in [1.807, 2.05) is 30.3 Å². The van der Waals surface area contributed by atoms with Crippen molar-refractivity contribution in [2.24, 2.45) is 4.99 Å². The van der Waals surface area contributed by atoms with E-state index in [1.165, 1.54) is 12.1 Å². The molecule has 164 valence electrons. The molecular weight excluding hydrogens is 429 g/mol. The smallest absolute Gasteiger partial charge is 0.416 e. The van der Waals surface area contributed by atoms with Gasteiger partial charge in [0.05, 0.1) is 24.3 Å². The van der Waals surface area contributed by atoms with Crippen molar-refractivity contribution in [3.63, 3.8) is 0 Å². The summed E-state index contributed by atoms with van der Waals surface area (Å²) in [5.74, 6) is 1.18. The predicted molar refractivity (Wildman–Crippen MR) is 118 cm³/mol. The lowest BCUT2D eigenvalue weighted by atomic mass is 9.92. The maximum atomic E-state index is 13.4. The summed E-state index contributed by atoms with van der Waals surface area (Å²) in [5, 5.41) is 4.95. The molecule has 0 atom stereocenters. The SMILES string of the molecule is COCCOc1c(C2=NCCN2)cc2ccccc2c1-c1cccc(C(F)(F)F)c1.Cl. The van der Waals surface area contributed by atoms with Crippen molar-refractivity contribution in [3.8, 4) is 16.9 Å². The summed E-state index contributed by atoms with van der Waals surface area (Å²) < 4.78 is 51.4. The number of alkyl halides is 3. The molecule has 0 unspecified atom stereocenters. The van der Waals surface area contributed by atoms with E-state index in [1.54, 1.807) is 13.2 Å². The molecule has 0 saturated heterocycles. The van der Waals surface area contributed by atoms with Crippen LogP contribution in [0.2, 0.25) is 0 Å². The first-order valence-electron chi connectivity index (χ1n) is 9.63. The molecule has 0 radical (unpaired) electrons. The predicted octanol–water partition coefficient (Wildman–Crippen LogP) is 5.32. The van der Waals surface area contributed by atoms with Crippen molar-refractivity contribution in [1.29, 1.82) is 0 Å². The second kappa shape index (κ2) is 9.58. The van der Waals surface area contributed by atoms with Gasteiger partial charge in [-0.1, -0.05) is 36.4 Å². The van der Waals surface area contributed by atoms with Crippen molar-refractivity contribution in [1.82, 2.24) is 5.32 Å². The van der Waals surface area contributed by atoms with Crippen LogP contribution in [0, 0.1) is 0 Å². The summed E-state index contributed by atoms with van der Waals surface area (Å²) in [7, 11) is 1.57. The number of nitrogens with zero attached hydrogens (tertiary/aromatic N) is 1. The summed E-state index contributed by atoms with van der Waals surface area (Å²) >= 11 is 0. The van der Waals surface area contributed by atoms with Crippen LogP contribution < -0.4 is 10.1 Å². The van der Waals surface area contributed by atoms with Crippen molar-refractivity contribution < 1.29 is 22.6 Å². The maximum absolute atomic E-state index is 13.4. The fraction of sp³-hybridized carbons (Fsp3) is 0.261. The number of benzene rings is 3. The number of methoxy groups -OCH3 is 1. The molecule has 0 spiro atoms. The van der Waals surface area contributed by atoms with Gasteiger partial charge in [0.15, 0.2) is 0 Å². The Labute approximate surface area is 184 Å². The van der Waals surface area contributed by atoms with E-state index in [0.29, 0.717) is 42.4 Å². The molecular formula is C23H22ClF3N2O2.